The van der Waals surface area contributed by atoms with E-state index in [1.165, 1.54) is 25.7 Å². The van der Waals surface area contributed by atoms with Crippen molar-refractivity contribution < 1.29 is 9.84 Å². The van der Waals surface area contributed by atoms with Crippen LogP contribution < -0.4 is 0 Å². The molecule has 2 heteroatoms. The molecule has 0 bridgehead atoms. The summed E-state index contributed by atoms with van der Waals surface area (Å²) in [6, 6.07) is 0. The quantitative estimate of drug-likeness (QED) is 0.539. The predicted molar refractivity (Wildman–Crippen MR) is 53.7 cm³/mol. The lowest BCUT2D eigenvalue weighted by Crippen LogP contribution is -2.11. The van der Waals surface area contributed by atoms with Crippen molar-refractivity contribution in [1.82, 2.24) is 0 Å². The van der Waals surface area contributed by atoms with Crippen LogP contribution in [0.1, 0.15) is 44.9 Å². The smallest absolute Gasteiger partial charge is 0.0542 e. The lowest BCUT2D eigenvalue weighted by molar-refractivity contribution is 0.133. The number of aliphatic hydroxyl groups excluding tert-OH is 1. The Balaban J connectivity index is 2.15. The maximum Gasteiger partial charge on any atom is 0.0542 e. The second kappa shape index (κ2) is 6.39. The van der Waals surface area contributed by atoms with E-state index < -0.39 is 0 Å². The van der Waals surface area contributed by atoms with E-state index in [0.717, 1.165) is 31.8 Å². The fraction of sp³-hybridized carbons (Fsp3) is 1.00. The van der Waals surface area contributed by atoms with Crippen LogP contribution in [0, 0.1) is 5.92 Å². The Morgan fingerprint density at radius 3 is 2.85 bits per heavy atom. The summed E-state index contributed by atoms with van der Waals surface area (Å²) in [4.78, 5) is 0. The third-order valence-corrected chi connectivity index (χ3v) is 2.97. The van der Waals surface area contributed by atoms with Gasteiger partial charge in [0.15, 0.2) is 0 Å². The van der Waals surface area contributed by atoms with Gasteiger partial charge in [-0.05, 0) is 31.6 Å². The van der Waals surface area contributed by atoms with Crippen LogP contribution in [0.2, 0.25) is 0 Å². The van der Waals surface area contributed by atoms with E-state index in [0.29, 0.717) is 0 Å². The van der Waals surface area contributed by atoms with E-state index in [9.17, 15) is 5.11 Å². The van der Waals surface area contributed by atoms with Gasteiger partial charge in [-0.15, -0.1) is 0 Å². The van der Waals surface area contributed by atoms with Crippen molar-refractivity contribution >= 4 is 0 Å². The molecule has 0 radical (unpaired) electrons. The molecular weight excluding hydrogens is 164 g/mol. The molecule has 1 fully saturated rings. The predicted octanol–water partition coefficient (Wildman–Crippen LogP) is 2.35. The van der Waals surface area contributed by atoms with E-state index in [1.807, 2.05) is 0 Å². The summed E-state index contributed by atoms with van der Waals surface area (Å²) in [5, 5.41) is 9.58. The number of hydrogen-bond donors (Lipinski definition) is 1. The zero-order valence-corrected chi connectivity index (χ0v) is 8.67. The Hall–Kier alpha value is -0.0800. The Kier molecular flexibility index (Phi) is 5.40. The number of rotatable bonds is 4. The molecule has 2 nitrogen and oxygen atoms in total. The highest BCUT2D eigenvalue weighted by Crippen LogP contribution is 2.26. The first-order valence-corrected chi connectivity index (χ1v) is 5.50. The normalized spacial score (nSPS) is 30.0. The molecule has 78 valence electrons. The number of methoxy groups -OCH3 is 1. The van der Waals surface area contributed by atoms with E-state index in [1.54, 1.807) is 7.11 Å². The third-order valence-electron chi connectivity index (χ3n) is 2.97. The second-order valence-electron chi connectivity index (χ2n) is 4.18. The summed E-state index contributed by atoms with van der Waals surface area (Å²) < 4.78 is 5.03. The minimum Gasteiger partial charge on any atom is -0.393 e. The monoisotopic (exact) mass is 186 g/mol. The molecule has 1 N–H and O–H groups in total. The molecule has 0 aromatic carbocycles. The highest BCUT2D eigenvalue weighted by molar-refractivity contribution is 4.70. The molecule has 2 atom stereocenters. The molecule has 0 aliphatic heterocycles. The SMILES string of the molecule is COCCCC1CCCCC(O)C1. The molecule has 0 aromatic rings. The topological polar surface area (TPSA) is 29.5 Å². The van der Waals surface area contributed by atoms with Crippen LogP contribution in [-0.4, -0.2) is 24.9 Å². The summed E-state index contributed by atoms with van der Waals surface area (Å²) in [7, 11) is 1.75. The van der Waals surface area contributed by atoms with Gasteiger partial charge in [-0.1, -0.05) is 19.3 Å². The number of hydrogen-bond acceptors (Lipinski definition) is 2. The van der Waals surface area contributed by atoms with Crippen molar-refractivity contribution in [2.24, 2.45) is 5.92 Å². The summed E-state index contributed by atoms with van der Waals surface area (Å²) in [5.74, 6) is 0.743. The Morgan fingerprint density at radius 2 is 2.08 bits per heavy atom. The first kappa shape index (κ1) is 11.0. The second-order valence-corrected chi connectivity index (χ2v) is 4.18. The summed E-state index contributed by atoms with van der Waals surface area (Å²) in [6.45, 7) is 0.868. The van der Waals surface area contributed by atoms with Gasteiger partial charge in [0.2, 0.25) is 0 Å². The summed E-state index contributed by atoms with van der Waals surface area (Å²) in [5.41, 5.74) is 0. The van der Waals surface area contributed by atoms with Crippen molar-refractivity contribution in [3.63, 3.8) is 0 Å². The largest absolute Gasteiger partial charge is 0.393 e. The first-order chi connectivity index (χ1) is 6.33. The van der Waals surface area contributed by atoms with Gasteiger partial charge < -0.3 is 9.84 Å². The van der Waals surface area contributed by atoms with Crippen molar-refractivity contribution in [3.05, 3.63) is 0 Å². The fourth-order valence-electron chi connectivity index (χ4n) is 2.21. The standard InChI is InChI=1S/C11H22O2/c1-13-8-4-6-10-5-2-3-7-11(12)9-10/h10-12H,2-9H2,1H3. The van der Waals surface area contributed by atoms with E-state index in [-0.39, 0.29) is 6.10 Å². The molecule has 1 saturated carbocycles. The zero-order valence-electron chi connectivity index (χ0n) is 8.67. The highest BCUT2D eigenvalue weighted by atomic mass is 16.5. The van der Waals surface area contributed by atoms with Gasteiger partial charge in [0.05, 0.1) is 6.10 Å². The zero-order chi connectivity index (χ0) is 9.52. The number of ether oxygens (including phenoxy) is 1. The molecule has 0 spiro atoms. The van der Waals surface area contributed by atoms with Crippen LogP contribution in [0.5, 0.6) is 0 Å². The lowest BCUT2D eigenvalue weighted by atomic mass is 9.94. The molecular formula is C11H22O2. The van der Waals surface area contributed by atoms with Gasteiger partial charge in [-0.2, -0.15) is 0 Å². The van der Waals surface area contributed by atoms with Crippen LogP contribution >= 0.6 is 0 Å². The molecule has 0 heterocycles. The fourth-order valence-corrected chi connectivity index (χ4v) is 2.21. The highest BCUT2D eigenvalue weighted by Gasteiger charge is 2.17. The van der Waals surface area contributed by atoms with Gasteiger partial charge in [0.1, 0.15) is 0 Å². The van der Waals surface area contributed by atoms with Crippen LogP contribution in [-0.2, 0) is 4.74 Å². The lowest BCUT2D eigenvalue weighted by Gasteiger charge is -2.15. The van der Waals surface area contributed by atoms with Crippen molar-refractivity contribution in [1.29, 1.82) is 0 Å². The van der Waals surface area contributed by atoms with E-state index in [4.69, 9.17) is 4.74 Å². The van der Waals surface area contributed by atoms with Crippen LogP contribution in [0.25, 0.3) is 0 Å². The minimum atomic E-state index is -0.0324. The Labute approximate surface area is 81.3 Å². The van der Waals surface area contributed by atoms with Crippen molar-refractivity contribution in [2.45, 2.75) is 51.0 Å². The van der Waals surface area contributed by atoms with Crippen molar-refractivity contribution in [2.75, 3.05) is 13.7 Å². The molecule has 1 aliphatic carbocycles. The van der Waals surface area contributed by atoms with Gasteiger partial charge in [0, 0.05) is 13.7 Å². The Morgan fingerprint density at radius 1 is 1.31 bits per heavy atom. The van der Waals surface area contributed by atoms with Crippen molar-refractivity contribution in [3.8, 4) is 0 Å². The summed E-state index contributed by atoms with van der Waals surface area (Å²) >= 11 is 0. The maximum atomic E-state index is 9.58. The van der Waals surface area contributed by atoms with Gasteiger partial charge in [0.25, 0.3) is 0 Å². The molecule has 2 unspecified atom stereocenters. The molecule has 0 saturated heterocycles. The number of aliphatic hydroxyl groups is 1. The molecule has 0 aromatic heterocycles. The van der Waals surface area contributed by atoms with Gasteiger partial charge in [-0.3, -0.25) is 0 Å². The molecule has 1 rings (SSSR count). The maximum absolute atomic E-state index is 9.58. The van der Waals surface area contributed by atoms with E-state index >= 15 is 0 Å². The third kappa shape index (κ3) is 4.63. The Bertz CT molecular complexity index is 125. The van der Waals surface area contributed by atoms with Gasteiger partial charge >= 0.3 is 0 Å². The van der Waals surface area contributed by atoms with Crippen LogP contribution in [0.15, 0.2) is 0 Å². The van der Waals surface area contributed by atoms with Crippen LogP contribution in [0.3, 0.4) is 0 Å². The van der Waals surface area contributed by atoms with Gasteiger partial charge in [-0.25, -0.2) is 0 Å². The molecule has 13 heavy (non-hydrogen) atoms. The average Bonchev–Trinajstić information content (AvgIpc) is 2.31. The first-order valence-electron chi connectivity index (χ1n) is 5.50. The minimum absolute atomic E-state index is 0.0324. The van der Waals surface area contributed by atoms with Crippen LogP contribution in [0.4, 0.5) is 0 Å². The molecule has 1 aliphatic rings. The molecule has 0 amide bonds. The van der Waals surface area contributed by atoms with E-state index in [2.05, 4.69) is 0 Å². The summed E-state index contributed by atoms with van der Waals surface area (Å²) in [6.07, 6.45) is 8.19. The average molecular weight is 186 g/mol.